The van der Waals surface area contributed by atoms with Crippen molar-refractivity contribution in [3.8, 4) is 0 Å². The van der Waals surface area contributed by atoms with Gasteiger partial charge in [-0.2, -0.15) is 0 Å². The fourth-order valence-corrected chi connectivity index (χ4v) is 2.49. The molecule has 0 aliphatic rings. The zero-order valence-electron chi connectivity index (χ0n) is 14.7. The van der Waals surface area contributed by atoms with Gasteiger partial charge in [0.25, 0.3) is 0 Å². The van der Waals surface area contributed by atoms with Crippen molar-refractivity contribution in [3.05, 3.63) is 59.7 Å². The number of rotatable bonds is 8. The van der Waals surface area contributed by atoms with Gasteiger partial charge in [0.1, 0.15) is 11.9 Å². The molecule has 25 heavy (non-hydrogen) atoms. The van der Waals surface area contributed by atoms with Crippen LogP contribution in [-0.4, -0.2) is 27.8 Å². The quantitative estimate of drug-likeness (QED) is 0.769. The molecule has 0 fully saturated rings. The number of hydrogen-bond acceptors (Lipinski definition) is 4. The van der Waals surface area contributed by atoms with Crippen molar-refractivity contribution in [1.29, 1.82) is 0 Å². The van der Waals surface area contributed by atoms with E-state index in [-0.39, 0.29) is 18.2 Å². The molecule has 2 rings (SSSR count). The summed E-state index contributed by atoms with van der Waals surface area (Å²) in [7, 11) is 0. The van der Waals surface area contributed by atoms with Crippen LogP contribution in [0.3, 0.4) is 0 Å². The van der Waals surface area contributed by atoms with E-state index in [1.807, 2.05) is 37.3 Å². The number of nitrogens with zero attached hydrogens (tertiary/aromatic N) is 2. The van der Waals surface area contributed by atoms with Crippen LogP contribution in [0.4, 0.5) is 0 Å². The topological polar surface area (TPSA) is 84.0 Å². The number of aryl methyl sites for hydroxylation is 1. The Morgan fingerprint density at radius 2 is 1.92 bits per heavy atom. The Bertz CT molecular complexity index is 704. The zero-order valence-corrected chi connectivity index (χ0v) is 14.7. The maximum Gasteiger partial charge on any atom is 0.242 e. The minimum Gasteiger partial charge on any atom is -0.349 e. The van der Waals surface area contributed by atoms with Crippen LogP contribution in [0, 0.1) is 6.92 Å². The average molecular weight is 340 g/mol. The molecule has 1 aromatic heterocycles. The second kappa shape index (κ2) is 9.52. The van der Waals surface area contributed by atoms with Gasteiger partial charge in [-0.25, -0.2) is 9.97 Å². The van der Waals surface area contributed by atoms with Crippen molar-refractivity contribution >= 4 is 11.8 Å². The molecule has 0 saturated heterocycles. The molecular formula is C19H24N4O2. The number of carbonyl (C=O) groups excluding carboxylic acids is 2. The SMILES string of the molecule is CCC[C@H](NC(=O)Cc1ccccc1)C(=O)NCc1ccnc(C)n1. The highest BCUT2D eigenvalue weighted by Gasteiger charge is 2.19. The first kappa shape index (κ1) is 18.6. The van der Waals surface area contributed by atoms with Crippen LogP contribution in [0.25, 0.3) is 0 Å². The van der Waals surface area contributed by atoms with E-state index < -0.39 is 6.04 Å². The molecule has 0 aliphatic carbocycles. The van der Waals surface area contributed by atoms with Crippen LogP contribution in [0.2, 0.25) is 0 Å². The predicted molar refractivity (Wildman–Crippen MR) is 95.6 cm³/mol. The minimum atomic E-state index is -0.538. The van der Waals surface area contributed by atoms with E-state index in [1.165, 1.54) is 0 Å². The van der Waals surface area contributed by atoms with Gasteiger partial charge in [-0.1, -0.05) is 43.7 Å². The summed E-state index contributed by atoms with van der Waals surface area (Å²) in [6, 6.07) is 10.7. The molecule has 0 bridgehead atoms. The standard InChI is InChI=1S/C19H24N4O2/c1-3-7-17(23-18(24)12-15-8-5-4-6-9-15)19(25)21-13-16-10-11-20-14(2)22-16/h4-6,8-11,17H,3,7,12-13H2,1-2H3,(H,21,25)(H,23,24)/t17-/m0/s1. The third-order valence-corrected chi connectivity index (χ3v) is 3.71. The predicted octanol–water partition coefficient (Wildman–Crippen LogP) is 1.93. The molecule has 1 aromatic carbocycles. The van der Waals surface area contributed by atoms with Crippen LogP contribution in [0.15, 0.2) is 42.6 Å². The summed E-state index contributed by atoms with van der Waals surface area (Å²) in [5.41, 5.74) is 1.67. The van der Waals surface area contributed by atoms with Crippen LogP contribution in [-0.2, 0) is 22.6 Å². The summed E-state index contributed by atoms with van der Waals surface area (Å²) in [4.78, 5) is 32.9. The Labute approximate surface area is 148 Å². The molecule has 0 unspecified atom stereocenters. The Balaban J connectivity index is 1.89. The largest absolute Gasteiger partial charge is 0.349 e. The lowest BCUT2D eigenvalue weighted by Gasteiger charge is -2.18. The molecular weight excluding hydrogens is 316 g/mol. The third-order valence-electron chi connectivity index (χ3n) is 3.71. The molecule has 2 amide bonds. The number of aromatic nitrogens is 2. The lowest BCUT2D eigenvalue weighted by atomic mass is 10.1. The van der Waals surface area contributed by atoms with Crippen molar-refractivity contribution in [3.63, 3.8) is 0 Å². The molecule has 0 aliphatic heterocycles. The lowest BCUT2D eigenvalue weighted by molar-refractivity contribution is -0.129. The van der Waals surface area contributed by atoms with Crippen LogP contribution < -0.4 is 10.6 Å². The first-order chi connectivity index (χ1) is 12.1. The van der Waals surface area contributed by atoms with Crippen LogP contribution >= 0.6 is 0 Å². The second-order valence-electron chi connectivity index (χ2n) is 5.88. The highest BCUT2D eigenvalue weighted by molar-refractivity contribution is 5.88. The van der Waals surface area contributed by atoms with Crippen molar-refractivity contribution in [2.24, 2.45) is 0 Å². The van der Waals surface area contributed by atoms with E-state index in [0.29, 0.717) is 18.8 Å². The summed E-state index contributed by atoms with van der Waals surface area (Å²) < 4.78 is 0. The van der Waals surface area contributed by atoms with Gasteiger partial charge in [0.2, 0.25) is 11.8 Å². The van der Waals surface area contributed by atoms with Gasteiger partial charge in [-0.05, 0) is 25.0 Å². The van der Waals surface area contributed by atoms with Crippen molar-refractivity contribution in [1.82, 2.24) is 20.6 Å². The Kier molecular flexibility index (Phi) is 7.07. The first-order valence-corrected chi connectivity index (χ1v) is 8.48. The fourth-order valence-electron chi connectivity index (χ4n) is 2.49. The summed E-state index contributed by atoms with van der Waals surface area (Å²) in [6.45, 7) is 4.10. The summed E-state index contributed by atoms with van der Waals surface area (Å²) in [6.07, 6.45) is 3.32. The Morgan fingerprint density at radius 1 is 1.16 bits per heavy atom. The average Bonchev–Trinajstić information content (AvgIpc) is 2.60. The molecule has 2 N–H and O–H groups in total. The maximum absolute atomic E-state index is 12.4. The summed E-state index contributed by atoms with van der Waals surface area (Å²) in [5, 5.41) is 5.67. The fraction of sp³-hybridized carbons (Fsp3) is 0.368. The van der Waals surface area contributed by atoms with E-state index >= 15 is 0 Å². The van der Waals surface area contributed by atoms with Gasteiger partial charge >= 0.3 is 0 Å². The summed E-state index contributed by atoms with van der Waals surface area (Å²) >= 11 is 0. The summed E-state index contributed by atoms with van der Waals surface area (Å²) in [5.74, 6) is 0.310. The number of carbonyl (C=O) groups is 2. The maximum atomic E-state index is 12.4. The van der Waals surface area contributed by atoms with Gasteiger partial charge in [0, 0.05) is 6.20 Å². The Hall–Kier alpha value is -2.76. The van der Waals surface area contributed by atoms with Gasteiger partial charge in [-0.3, -0.25) is 9.59 Å². The van der Waals surface area contributed by atoms with E-state index in [0.717, 1.165) is 17.7 Å². The van der Waals surface area contributed by atoms with Gasteiger partial charge in [-0.15, -0.1) is 0 Å². The van der Waals surface area contributed by atoms with Crippen molar-refractivity contribution in [2.75, 3.05) is 0 Å². The highest BCUT2D eigenvalue weighted by Crippen LogP contribution is 2.03. The van der Waals surface area contributed by atoms with Crippen molar-refractivity contribution in [2.45, 2.75) is 45.7 Å². The van der Waals surface area contributed by atoms with Gasteiger partial charge in [0.15, 0.2) is 0 Å². The third kappa shape index (κ3) is 6.33. The zero-order chi connectivity index (χ0) is 18.1. The normalized spacial score (nSPS) is 11.6. The molecule has 0 saturated carbocycles. The molecule has 0 spiro atoms. The van der Waals surface area contributed by atoms with Crippen molar-refractivity contribution < 1.29 is 9.59 Å². The van der Waals surface area contributed by atoms with E-state index in [1.54, 1.807) is 19.2 Å². The van der Waals surface area contributed by atoms with Gasteiger partial charge in [0.05, 0.1) is 18.7 Å². The van der Waals surface area contributed by atoms with E-state index in [9.17, 15) is 9.59 Å². The smallest absolute Gasteiger partial charge is 0.242 e. The van der Waals surface area contributed by atoms with Gasteiger partial charge < -0.3 is 10.6 Å². The molecule has 1 heterocycles. The number of nitrogens with one attached hydrogen (secondary N) is 2. The molecule has 6 nitrogen and oxygen atoms in total. The Morgan fingerprint density at radius 3 is 2.60 bits per heavy atom. The minimum absolute atomic E-state index is 0.155. The van der Waals surface area contributed by atoms with E-state index in [4.69, 9.17) is 0 Å². The van der Waals surface area contributed by atoms with E-state index in [2.05, 4.69) is 20.6 Å². The number of hydrogen-bond donors (Lipinski definition) is 2. The first-order valence-electron chi connectivity index (χ1n) is 8.48. The lowest BCUT2D eigenvalue weighted by Crippen LogP contribution is -2.47. The van der Waals surface area contributed by atoms with Crippen LogP contribution in [0.5, 0.6) is 0 Å². The number of benzene rings is 1. The molecule has 1 atom stereocenters. The molecule has 2 aromatic rings. The highest BCUT2D eigenvalue weighted by atomic mass is 16.2. The second-order valence-corrected chi connectivity index (χ2v) is 5.88. The molecule has 132 valence electrons. The molecule has 6 heteroatoms. The van der Waals surface area contributed by atoms with Crippen LogP contribution in [0.1, 0.15) is 36.8 Å². The number of amides is 2. The monoisotopic (exact) mass is 340 g/mol. The molecule has 0 radical (unpaired) electrons.